The Morgan fingerprint density at radius 1 is 0.836 bits per heavy atom. The van der Waals surface area contributed by atoms with Gasteiger partial charge in [-0.25, -0.2) is 10.7 Å². The number of piperazine rings is 1. The summed E-state index contributed by atoms with van der Waals surface area (Å²) in [5, 5.41) is 39.8. The van der Waals surface area contributed by atoms with Gasteiger partial charge in [0.1, 0.15) is 19.2 Å². The maximum atomic E-state index is 12.4. The summed E-state index contributed by atoms with van der Waals surface area (Å²) in [6, 6.07) is 20.9. The molecule has 61 heavy (non-hydrogen) atoms. The zero-order valence-corrected chi connectivity index (χ0v) is 36.1. The van der Waals surface area contributed by atoms with Crippen LogP contribution in [-0.2, 0) is 4.74 Å². The highest BCUT2D eigenvalue weighted by Crippen LogP contribution is 2.36. The minimum atomic E-state index is -0.354. The number of amides is 1. The summed E-state index contributed by atoms with van der Waals surface area (Å²) < 4.78 is 5.22. The molecule has 0 unspecified atom stereocenters. The van der Waals surface area contributed by atoms with Crippen molar-refractivity contribution in [3.8, 4) is 18.2 Å². The van der Waals surface area contributed by atoms with E-state index in [1.165, 1.54) is 12.8 Å². The smallest absolute Gasteiger partial charge is 0.528 e. The third kappa shape index (κ3) is 14.7. The first kappa shape index (κ1) is 49.7. The molecule has 0 bridgehead atoms. The summed E-state index contributed by atoms with van der Waals surface area (Å²) in [5.41, 5.74) is 11.7. The number of carbonyl (C=O) groups excluding carboxylic acids is 1. The number of carbonyl (C=O) groups is 1. The summed E-state index contributed by atoms with van der Waals surface area (Å²) in [5.74, 6) is 1.74. The third-order valence-corrected chi connectivity index (χ3v) is 9.38. The monoisotopic (exact) mass is 812 g/mol. The van der Waals surface area contributed by atoms with Crippen molar-refractivity contribution in [1.29, 1.82) is 15.8 Å². The lowest BCUT2D eigenvalue weighted by molar-refractivity contribution is 0.0873. The predicted molar refractivity (Wildman–Crippen MR) is 244 cm³/mol. The van der Waals surface area contributed by atoms with Crippen molar-refractivity contribution in [3.05, 3.63) is 175 Å². The number of unbranched alkanes of at least 4 members (excludes halogenated alkanes) is 1. The van der Waals surface area contributed by atoms with E-state index in [0.29, 0.717) is 50.1 Å². The van der Waals surface area contributed by atoms with Gasteiger partial charge in [-0.05, 0) is 74.6 Å². The Kier molecular flexibility index (Phi) is 22.2. The van der Waals surface area contributed by atoms with Crippen LogP contribution in [0.3, 0.4) is 0 Å². The lowest BCUT2D eigenvalue weighted by Gasteiger charge is -2.37. The van der Waals surface area contributed by atoms with Gasteiger partial charge in [0.2, 0.25) is 0 Å². The molecule has 0 aromatic heterocycles. The van der Waals surface area contributed by atoms with Crippen LogP contribution in [0.5, 0.6) is 0 Å². The number of nitrogens with zero attached hydrogens (tertiary/aromatic N) is 8. The highest BCUT2D eigenvalue weighted by molar-refractivity contribution is 5.97. The predicted octanol–water partition coefficient (Wildman–Crippen LogP) is 10.6. The van der Waals surface area contributed by atoms with E-state index in [0.717, 1.165) is 34.5 Å². The third-order valence-electron chi connectivity index (χ3n) is 9.38. The van der Waals surface area contributed by atoms with Crippen LogP contribution in [0.1, 0.15) is 75.6 Å². The van der Waals surface area contributed by atoms with Gasteiger partial charge in [0.15, 0.2) is 0 Å². The molecule has 0 atom stereocenters. The van der Waals surface area contributed by atoms with Crippen LogP contribution < -0.4 is 5.73 Å². The van der Waals surface area contributed by atoms with Crippen molar-refractivity contribution in [2.75, 3.05) is 39.3 Å². The summed E-state index contributed by atoms with van der Waals surface area (Å²) in [4.78, 5) is 23.1. The van der Waals surface area contributed by atoms with Crippen molar-refractivity contribution < 1.29 is 9.53 Å². The fourth-order valence-electron chi connectivity index (χ4n) is 6.20. The summed E-state index contributed by atoms with van der Waals surface area (Å²) in [6.45, 7) is 30.1. The largest absolute Gasteiger partial charge is 0.762 e. The first-order chi connectivity index (χ1) is 29.5. The summed E-state index contributed by atoms with van der Waals surface area (Å²) >= 11 is 0. The molecule has 1 fully saturated rings. The van der Waals surface area contributed by atoms with Gasteiger partial charge in [-0.1, -0.05) is 118 Å². The molecule has 1 heterocycles. The van der Waals surface area contributed by atoms with Crippen LogP contribution in [0, 0.1) is 61.0 Å². The second kappa shape index (κ2) is 27.3. The lowest BCUT2D eigenvalue weighted by Crippen LogP contribution is -2.48. The number of allylic oxidation sites excluding steroid dienone is 13. The second-order valence-electron chi connectivity index (χ2n) is 13.7. The van der Waals surface area contributed by atoms with Crippen molar-refractivity contribution >= 4 is 23.1 Å². The number of ether oxygens (including phenoxy) is 1. The quantitative estimate of drug-likeness (QED) is 0.102. The number of rotatable bonds is 11. The molecule has 2 aliphatic rings. The molecular formula is C50H54N9O2-. The molecule has 2 N–H and O–H groups in total. The van der Waals surface area contributed by atoms with Crippen LogP contribution in [-0.4, -0.2) is 61.1 Å². The minimum absolute atomic E-state index is 0.161. The van der Waals surface area contributed by atoms with Crippen LogP contribution in [0.2, 0.25) is 0 Å². The van der Waals surface area contributed by atoms with Gasteiger partial charge in [-0.2, -0.15) is 25.5 Å². The number of nitriles is 3. The molecule has 312 valence electrons. The van der Waals surface area contributed by atoms with Gasteiger partial charge in [0, 0.05) is 37.4 Å². The Balaban J connectivity index is 0.00000170. The zero-order chi connectivity index (χ0) is 45.2. The van der Waals surface area contributed by atoms with E-state index in [1.54, 1.807) is 60.4 Å². The maximum Gasteiger partial charge on any atom is 0.528 e. The fourth-order valence-corrected chi connectivity index (χ4v) is 6.20. The topological polar surface area (TPSA) is 161 Å². The van der Waals surface area contributed by atoms with E-state index in [9.17, 15) is 26.0 Å². The minimum Gasteiger partial charge on any atom is -0.762 e. The van der Waals surface area contributed by atoms with Crippen molar-refractivity contribution in [3.63, 3.8) is 0 Å². The Hall–Kier alpha value is -7.45. The van der Waals surface area contributed by atoms with E-state index in [2.05, 4.69) is 40.6 Å². The van der Waals surface area contributed by atoms with Gasteiger partial charge in [-0.3, -0.25) is 0 Å². The molecule has 11 heteroatoms. The lowest BCUT2D eigenvalue weighted by atomic mass is 9.93. The highest BCUT2D eigenvalue weighted by Gasteiger charge is 2.28. The molecule has 0 spiro atoms. The average molecular weight is 813 g/mol. The van der Waals surface area contributed by atoms with Gasteiger partial charge in [0.25, 0.3) is 0 Å². The van der Waals surface area contributed by atoms with E-state index >= 15 is 0 Å². The van der Waals surface area contributed by atoms with Gasteiger partial charge in [0.05, 0.1) is 41.0 Å². The van der Waals surface area contributed by atoms with Gasteiger partial charge >= 0.3 is 11.9 Å². The van der Waals surface area contributed by atoms with Crippen LogP contribution in [0.15, 0.2) is 124 Å². The van der Waals surface area contributed by atoms with Crippen molar-refractivity contribution in [2.45, 2.75) is 67.2 Å². The second-order valence-corrected chi connectivity index (χ2v) is 13.7. The Morgan fingerprint density at radius 2 is 1.39 bits per heavy atom. The molecule has 0 saturated carbocycles. The molecular weight excluding hydrogens is 759 g/mol. The number of hydrogen-bond donors (Lipinski definition) is 1. The maximum absolute atomic E-state index is 12.4. The Morgan fingerprint density at radius 3 is 1.85 bits per heavy atom. The normalized spacial score (nSPS) is 14.5. The fraction of sp³-hybridized carbons (Fsp3) is 0.320. The molecule has 1 aliphatic carbocycles. The number of aryl methyl sites for hydroxylation is 2. The van der Waals surface area contributed by atoms with E-state index in [-0.39, 0.29) is 46.4 Å². The van der Waals surface area contributed by atoms with Crippen molar-refractivity contribution in [1.82, 2.24) is 9.80 Å². The Labute approximate surface area is 362 Å². The molecule has 0 radical (unpaired) electrons. The van der Waals surface area contributed by atoms with E-state index in [4.69, 9.17) is 23.6 Å². The number of hydrogen-bond acceptors (Lipinski definition) is 7. The van der Waals surface area contributed by atoms with E-state index in [1.807, 2.05) is 69.1 Å². The molecule has 1 aliphatic heterocycles. The number of benzene rings is 2. The SMILES string of the molecule is CCCC.CCN.[C-]#[N+]C([N+]#[C-])=C(/C(C#N)=C/C=C/C1=C(N2CCN(C(=O)OCC)CC2)C(=C/C=C/C(C#N)=C(/C(=C=[N-])C#N)c2ccc(C)cc2)CC1)c1ccc(C)cc1. The van der Waals surface area contributed by atoms with Crippen LogP contribution >= 0.6 is 0 Å². The number of nitrogens with two attached hydrogens (primary N) is 1. The van der Waals surface area contributed by atoms with Gasteiger partial charge in [-0.15, -0.1) is 0 Å². The molecule has 2 aromatic rings. The zero-order valence-electron chi connectivity index (χ0n) is 36.1. The standard InChI is InChI=1S/C44H37N8O2.C4H10.C2H7N/c1-6-54-44(53)52-25-23-51(24-26-52)42-35(9-7-11-37(27-45)40(39(29-47)30-48)33-17-13-31(2)14-18-33)21-22-36(42)10-8-12-38(28-46)41(43(49-4)50-5)34-19-15-32(3)16-20-34;1-3-4-2;1-2-3/h7-20H,6,21-26H2,1-3H3;3-4H2,1-2H3;2-3H2,1H3/q-1;;/b10-8+,11-7+,35-9?,38-12+,40-37-;;. The van der Waals surface area contributed by atoms with Crippen LogP contribution in [0.4, 0.5) is 4.79 Å². The van der Waals surface area contributed by atoms with Crippen molar-refractivity contribution in [2.24, 2.45) is 5.73 Å². The van der Waals surface area contributed by atoms with Gasteiger partial charge < -0.3 is 25.7 Å². The molecule has 4 rings (SSSR count). The van der Waals surface area contributed by atoms with Crippen LogP contribution in [0.25, 0.3) is 26.2 Å². The van der Waals surface area contributed by atoms with E-state index < -0.39 is 0 Å². The summed E-state index contributed by atoms with van der Waals surface area (Å²) in [7, 11) is 0. The molecule has 11 nitrogen and oxygen atoms in total. The first-order valence-corrected chi connectivity index (χ1v) is 20.3. The molecule has 2 aromatic carbocycles. The average Bonchev–Trinajstić information content (AvgIpc) is 3.68. The highest BCUT2D eigenvalue weighted by atomic mass is 16.6. The summed E-state index contributed by atoms with van der Waals surface area (Å²) in [6.07, 6.45) is 14.2. The molecule has 1 amide bonds. The first-order valence-electron chi connectivity index (χ1n) is 20.3. The molecule has 1 saturated heterocycles. The Bertz CT molecular complexity index is 2310.